The van der Waals surface area contributed by atoms with Gasteiger partial charge in [-0.2, -0.15) is 0 Å². The van der Waals surface area contributed by atoms with Crippen LogP contribution in [0.3, 0.4) is 0 Å². The van der Waals surface area contributed by atoms with Crippen LogP contribution < -0.4 is 0 Å². The summed E-state index contributed by atoms with van der Waals surface area (Å²) in [5.74, 6) is 0. The highest BCUT2D eigenvalue weighted by Crippen LogP contribution is 2.52. The van der Waals surface area contributed by atoms with Gasteiger partial charge < -0.3 is 0 Å². The van der Waals surface area contributed by atoms with Crippen molar-refractivity contribution in [2.75, 3.05) is 0 Å². The molecular weight excluding hydrogens is 625 g/mol. The molecule has 10 rings (SSSR count). The number of hydrogen-bond acceptors (Lipinski definition) is 0. The van der Waals surface area contributed by atoms with Gasteiger partial charge in [0.1, 0.15) is 0 Å². The quantitative estimate of drug-likeness (QED) is 0.165. The van der Waals surface area contributed by atoms with Crippen LogP contribution in [0.4, 0.5) is 0 Å². The van der Waals surface area contributed by atoms with E-state index >= 15 is 0 Å². The third kappa shape index (κ3) is 4.34. The Morgan fingerprint density at radius 2 is 0.865 bits per heavy atom. The van der Waals surface area contributed by atoms with Gasteiger partial charge in [0.05, 0.1) is 0 Å². The molecule has 0 amide bonds. The molecule has 0 saturated carbocycles. The molecule has 0 N–H and O–H groups in total. The van der Waals surface area contributed by atoms with Gasteiger partial charge in [-0.1, -0.05) is 142 Å². The maximum atomic E-state index is 2.48. The topological polar surface area (TPSA) is 0 Å². The molecule has 0 aliphatic heterocycles. The van der Waals surface area contributed by atoms with E-state index in [1.807, 2.05) is 0 Å². The number of fused-ring (bicyclic) bond motifs is 10. The van der Waals surface area contributed by atoms with Gasteiger partial charge in [-0.25, -0.2) is 0 Å². The molecule has 0 aromatic heterocycles. The minimum absolute atomic E-state index is 0.00125. The lowest BCUT2D eigenvalue weighted by molar-refractivity contribution is 0.640. The molecule has 0 unspecified atom stereocenters. The van der Waals surface area contributed by atoms with Gasteiger partial charge >= 0.3 is 0 Å². The molecule has 2 aliphatic rings. The van der Waals surface area contributed by atoms with Crippen LogP contribution in [0.1, 0.15) is 63.8 Å². The lowest BCUT2D eigenvalue weighted by Gasteiger charge is -2.23. The van der Waals surface area contributed by atoms with E-state index in [9.17, 15) is 0 Å². The van der Waals surface area contributed by atoms with Gasteiger partial charge in [0, 0.05) is 10.8 Å². The molecule has 0 radical (unpaired) electrons. The summed E-state index contributed by atoms with van der Waals surface area (Å²) in [6, 6.07) is 50.9. The van der Waals surface area contributed by atoms with Crippen molar-refractivity contribution in [3.63, 3.8) is 0 Å². The summed E-state index contributed by atoms with van der Waals surface area (Å²) in [6.45, 7) is 14.0. The standard InChI is InChI=1S/C52H42/c1-7-10-40-31(2)51(3,4)50-30-46-39(27-47(40)50)20-17-34-16-19-36(26-45(34)46)38-22-24-43-42-23-21-37(28-48(42)52(5,6)49(43)29-38)35-18-15-33-14-13-32-11-8-9-12-41(32)44(33)25-35/h7-30H,1-6H3/b10-7-. The number of rotatable bonds is 3. The Labute approximate surface area is 306 Å². The Hall–Kier alpha value is -5.72. The van der Waals surface area contributed by atoms with Crippen LogP contribution in [0, 0.1) is 0 Å². The van der Waals surface area contributed by atoms with Gasteiger partial charge in [-0.05, 0) is 155 Å². The molecule has 52 heavy (non-hydrogen) atoms. The van der Waals surface area contributed by atoms with Gasteiger partial charge in [0.2, 0.25) is 0 Å². The predicted molar refractivity (Wildman–Crippen MR) is 225 cm³/mol. The second-order valence-electron chi connectivity index (χ2n) is 16.2. The Bertz CT molecular complexity index is 2910. The van der Waals surface area contributed by atoms with Crippen LogP contribution in [0.5, 0.6) is 0 Å². The van der Waals surface area contributed by atoms with Gasteiger partial charge in [0.25, 0.3) is 0 Å². The highest BCUT2D eigenvalue weighted by molar-refractivity contribution is 6.11. The zero-order valence-corrected chi connectivity index (χ0v) is 30.9. The lowest BCUT2D eigenvalue weighted by atomic mass is 9.80. The van der Waals surface area contributed by atoms with E-state index < -0.39 is 0 Å². The zero-order chi connectivity index (χ0) is 35.5. The van der Waals surface area contributed by atoms with Crippen molar-refractivity contribution in [1.82, 2.24) is 0 Å². The van der Waals surface area contributed by atoms with Crippen LogP contribution in [0.2, 0.25) is 0 Å². The van der Waals surface area contributed by atoms with E-state index in [0.29, 0.717) is 0 Å². The third-order valence-corrected chi connectivity index (χ3v) is 12.7. The fourth-order valence-electron chi connectivity index (χ4n) is 9.42. The summed E-state index contributed by atoms with van der Waals surface area (Å²) in [4.78, 5) is 0. The minimum atomic E-state index is -0.120. The van der Waals surface area contributed by atoms with E-state index in [1.165, 1.54) is 110 Å². The molecule has 250 valence electrons. The highest BCUT2D eigenvalue weighted by Gasteiger charge is 2.36. The van der Waals surface area contributed by atoms with Crippen molar-refractivity contribution < 1.29 is 0 Å². The second-order valence-corrected chi connectivity index (χ2v) is 16.2. The van der Waals surface area contributed by atoms with Crippen LogP contribution in [0.25, 0.3) is 82.0 Å². The largest absolute Gasteiger partial charge is 0.0870 e. The van der Waals surface area contributed by atoms with Crippen LogP contribution in [-0.4, -0.2) is 0 Å². The molecule has 2 aliphatic carbocycles. The molecule has 0 bridgehead atoms. The first-order valence-corrected chi connectivity index (χ1v) is 18.7. The summed E-state index contributed by atoms with van der Waals surface area (Å²) >= 11 is 0. The van der Waals surface area contributed by atoms with Crippen molar-refractivity contribution >= 4 is 48.7 Å². The highest BCUT2D eigenvalue weighted by atomic mass is 14.4. The first-order valence-electron chi connectivity index (χ1n) is 18.7. The molecule has 0 heterocycles. The molecule has 0 nitrogen and oxygen atoms in total. The van der Waals surface area contributed by atoms with Crippen molar-refractivity contribution in [3.8, 4) is 33.4 Å². The van der Waals surface area contributed by atoms with Gasteiger partial charge in [-0.15, -0.1) is 0 Å². The monoisotopic (exact) mass is 666 g/mol. The molecule has 0 saturated heterocycles. The summed E-state index contributed by atoms with van der Waals surface area (Å²) < 4.78 is 0. The fraction of sp³-hybridized carbons (Fsp3) is 0.154. The number of hydrogen-bond donors (Lipinski definition) is 0. The summed E-state index contributed by atoms with van der Waals surface area (Å²) in [5.41, 5.74) is 16.1. The average molecular weight is 667 g/mol. The smallest absolute Gasteiger partial charge is 0.0159 e. The third-order valence-electron chi connectivity index (χ3n) is 12.7. The molecule has 0 spiro atoms. The van der Waals surface area contributed by atoms with Crippen LogP contribution in [-0.2, 0) is 10.8 Å². The van der Waals surface area contributed by atoms with Crippen molar-refractivity contribution in [2.45, 2.75) is 52.4 Å². The lowest BCUT2D eigenvalue weighted by Crippen LogP contribution is -2.15. The molecule has 0 fully saturated rings. The van der Waals surface area contributed by atoms with E-state index in [2.05, 4.69) is 187 Å². The summed E-state index contributed by atoms with van der Waals surface area (Å²) in [6.07, 6.45) is 4.45. The SMILES string of the molecule is C/C=C\C1=C(C)C(C)(C)c2cc3c(ccc4ccc(-c5ccc6c(c5)C(C)(C)c5cc(-c7ccc8ccc9ccccc9c8c7)ccc5-6)cc43)cc21. The maximum absolute atomic E-state index is 2.48. The first-order chi connectivity index (χ1) is 25.1. The molecule has 8 aromatic carbocycles. The number of benzene rings is 8. The Morgan fingerprint density at radius 3 is 1.48 bits per heavy atom. The second kappa shape index (κ2) is 10.9. The number of allylic oxidation sites excluding steroid dienone is 4. The fourth-order valence-corrected chi connectivity index (χ4v) is 9.42. The molecular formula is C52H42. The van der Waals surface area contributed by atoms with E-state index in [0.717, 1.165) is 0 Å². The molecule has 8 aromatic rings. The van der Waals surface area contributed by atoms with Gasteiger partial charge in [0.15, 0.2) is 0 Å². The Morgan fingerprint density at radius 1 is 0.404 bits per heavy atom. The van der Waals surface area contributed by atoms with Crippen LogP contribution >= 0.6 is 0 Å². The van der Waals surface area contributed by atoms with Crippen molar-refractivity contribution in [1.29, 1.82) is 0 Å². The average Bonchev–Trinajstić information content (AvgIpc) is 3.50. The summed E-state index contributed by atoms with van der Waals surface area (Å²) in [7, 11) is 0. The molecule has 0 atom stereocenters. The van der Waals surface area contributed by atoms with E-state index in [-0.39, 0.29) is 10.8 Å². The normalized spacial score (nSPS) is 15.7. The minimum Gasteiger partial charge on any atom is -0.0870 e. The zero-order valence-electron chi connectivity index (χ0n) is 30.9. The van der Waals surface area contributed by atoms with E-state index in [1.54, 1.807) is 0 Å². The van der Waals surface area contributed by atoms with Crippen molar-refractivity contribution in [2.24, 2.45) is 0 Å². The predicted octanol–water partition coefficient (Wildman–Crippen LogP) is 14.6. The summed E-state index contributed by atoms with van der Waals surface area (Å²) in [5, 5.41) is 10.4. The first kappa shape index (κ1) is 31.1. The van der Waals surface area contributed by atoms with Gasteiger partial charge in [-0.3, -0.25) is 0 Å². The van der Waals surface area contributed by atoms with Crippen molar-refractivity contribution in [3.05, 3.63) is 173 Å². The molecule has 0 heteroatoms. The van der Waals surface area contributed by atoms with Crippen LogP contribution in [0.15, 0.2) is 151 Å². The van der Waals surface area contributed by atoms with E-state index in [4.69, 9.17) is 0 Å². The maximum Gasteiger partial charge on any atom is 0.0159 e. The Kier molecular flexibility index (Phi) is 6.50. The Balaban J connectivity index is 1.05.